The maximum atomic E-state index is 12.3. The first-order valence-electron chi connectivity index (χ1n) is 8.40. The summed E-state index contributed by atoms with van der Waals surface area (Å²) in [5.74, 6) is -0.894. The molecule has 0 heterocycles. The Balaban J connectivity index is 2.74. The van der Waals surface area contributed by atoms with Gasteiger partial charge in [-0.15, -0.1) is 0 Å². The maximum absolute atomic E-state index is 12.3. The van der Waals surface area contributed by atoms with Gasteiger partial charge >= 0.3 is 5.97 Å². The number of carbonyl (C=O) groups is 2. The molecule has 0 bridgehead atoms. The summed E-state index contributed by atoms with van der Waals surface area (Å²) in [5, 5.41) is 23.8. The number of hydrogen-bond donors (Lipinski definition) is 3. The number of amides is 1. The van der Waals surface area contributed by atoms with E-state index in [4.69, 9.17) is 0 Å². The normalized spacial score (nSPS) is 13.4. The third-order valence-corrected chi connectivity index (χ3v) is 4.58. The molecule has 0 saturated heterocycles. The number of nitrogens with one attached hydrogen (secondary N) is 2. The van der Waals surface area contributed by atoms with Gasteiger partial charge in [-0.05, 0) is 42.9 Å². The Morgan fingerprint density at radius 1 is 1.35 bits per heavy atom. The van der Waals surface area contributed by atoms with Crippen molar-refractivity contribution in [2.24, 2.45) is 0 Å². The molecule has 1 aromatic rings. The maximum Gasteiger partial charge on any atom is 0.326 e. The number of carboxylic acid groups (broad SMARTS) is 1. The van der Waals surface area contributed by atoms with Gasteiger partial charge in [0.2, 0.25) is 0 Å². The number of carboxylic acids is 1. The summed E-state index contributed by atoms with van der Waals surface area (Å²) in [4.78, 5) is 23.5. The lowest BCUT2D eigenvalue weighted by molar-refractivity contribution is -0.139. The van der Waals surface area contributed by atoms with Gasteiger partial charge in [-0.3, -0.25) is 4.79 Å². The largest absolute Gasteiger partial charge is 0.480 e. The van der Waals surface area contributed by atoms with Gasteiger partial charge in [0.25, 0.3) is 5.91 Å². The second-order valence-corrected chi connectivity index (χ2v) is 6.78. The van der Waals surface area contributed by atoms with Crippen LogP contribution in [-0.2, 0) is 16.0 Å². The third-order valence-electron chi connectivity index (χ3n) is 3.94. The average molecular weight is 375 g/mol. The zero-order valence-electron chi connectivity index (χ0n) is 15.3. The van der Waals surface area contributed by atoms with Crippen LogP contribution in [0.1, 0.15) is 37.4 Å². The van der Waals surface area contributed by atoms with Gasteiger partial charge in [0, 0.05) is 6.20 Å². The number of thioether (sulfide) groups is 1. The summed E-state index contributed by atoms with van der Waals surface area (Å²) >= 11 is 1.53. The molecule has 0 saturated carbocycles. The summed E-state index contributed by atoms with van der Waals surface area (Å²) in [6.07, 6.45) is 4.40. The van der Waals surface area contributed by atoms with Crippen molar-refractivity contribution in [3.05, 3.63) is 47.2 Å². The van der Waals surface area contributed by atoms with E-state index < -0.39 is 17.9 Å². The number of hydrogen-bond acceptors (Lipinski definition) is 5. The molecule has 0 aliphatic carbocycles. The summed E-state index contributed by atoms with van der Waals surface area (Å²) < 4.78 is 0. The molecule has 1 rings (SSSR count). The van der Waals surface area contributed by atoms with Crippen molar-refractivity contribution in [2.75, 3.05) is 12.0 Å². The number of rotatable bonds is 10. The molecule has 1 amide bonds. The van der Waals surface area contributed by atoms with Gasteiger partial charge in [0.1, 0.15) is 17.7 Å². The average Bonchev–Trinajstić information content (AvgIpc) is 2.64. The van der Waals surface area contributed by atoms with Gasteiger partial charge in [-0.25, -0.2) is 4.79 Å². The fourth-order valence-electron chi connectivity index (χ4n) is 2.25. The molecule has 0 aliphatic heterocycles. The van der Waals surface area contributed by atoms with Gasteiger partial charge in [0.05, 0.1) is 6.04 Å². The van der Waals surface area contributed by atoms with Crippen molar-refractivity contribution < 1.29 is 14.7 Å². The highest BCUT2D eigenvalue weighted by molar-refractivity contribution is 7.98. The monoisotopic (exact) mass is 375 g/mol. The summed E-state index contributed by atoms with van der Waals surface area (Å²) in [5.41, 5.74) is 1.99. The van der Waals surface area contributed by atoms with E-state index in [2.05, 4.69) is 17.6 Å². The Morgan fingerprint density at radius 2 is 2.00 bits per heavy atom. The van der Waals surface area contributed by atoms with Crippen molar-refractivity contribution in [1.29, 1.82) is 5.26 Å². The highest BCUT2D eigenvalue weighted by Crippen LogP contribution is 2.14. The lowest BCUT2D eigenvalue weighted by Gasteiger charge is -2.15. The predicted octanol–water partition coefficient (Wildman–Crippen LogP) is 2.63. The summed E-state index contributed by atoms with van der Waals surface area (Å²) in [6.45, 7) is 3.90. The molecule has 7 heteroatoms. The predicted molar refractivity (Wildman–Crippen MR) is 104 cm³/mol. The number of aryl methyl sites for hydroxylation is 1. The van der Waals surface area contributed by atoms with E-state index in [1.165, 1.54) is 23.5 Å². The van der Waals surface area contributed by atoms with Gasteiger partial charge in [-0.2, -0.15) is 17.0 Å². The van der Waals surface area contributed by atoms with E-state index in [1.807, 2.05) is 43.5 Å². The van der Waals surface area contributed by atoms with Crippen molar-refractivity contribution >= 4 is 23.6 Å². The van der Waals surface area contributed by atoms with Crippen LogP contribution in [0.4, 0.5) is 0 Å². The van der Waals surface area contributed by atoms with Gasteiger partial charge in [0.15, 0.2) is 0 Å². The molecule has 0 radical (unpaired) electrons. The van der Waals surface area contributed by atoms with Crippen LogP contribution in [0.3, 0.4) is 0 Å². The van der Waals surface area contributed by atoms with E-state index in [1.54, 1.807) is 0 Å². The Labute approximate surface area is 158 Å². The molecule has 26 heavy (non-hydrogen) atoms. The minimum Gasteiger partial charge on any atom is -0.480 e. The Kier molecular flexibility index (Phi) is 9.31. The first kappa shape index (κ1) is 21.6. The third kappa shape index (κ3) is 6.81. The van der Waals surface area contributed by atoms with Crippen LogP contribution < -0.4 is 10.6 Å². The van der Waals surface area contributed by atoms with Crippen molar-refractivity contribution in [3.8, 4) is 6.07 Å². The van der Waals surface area contributed by atoms with E-state index in [0.29, 0.717) is 12.2 Å². The van der Waals surface area contributed by atoms with Gasteiger partial charge in [-0.1, -0.05) is 31.2 Å². The Morgan fingerprint density at radius 3 is 2.50 bits per heavy atom. The van der Waals surface area contributed by atoms with Crippen LogP contribution in [-0.4, -0.2) is 35.0 Å². The highest BCUT2D eigenvalue weighted by Gasteiger charge is 2.18. The minimum atomic E-state index is -1.02. The molecular weight excluding hydrogens is 350 g/mol. The van der Waals surface area contributed by atoms with Crippen molar-refractivity contribution in [3.63, 3.8) is 0 Å². The smallest absolute Gasteiger partial charge is 0.326 e. The molecule has 0 aromatic heterocycles. The number of aliphatic carboxylic acids is 1. The molecule has 0 spiro atoms. The second kappa shape index (κ2) is 11.2. The first-order chi connectivity index (χ1) is 12.4. The number of benzene rings is 1. The molecule has 3 N–H and O–H groups in total. The van der Waals surface area contributed by atoms with Crippen molar-refractivity contribution in [1.82, 2.24) is 10.6 Å². The molecule has 2 unspecified atom stereocenters. The van der Waals surface area contributed by atoms with Crippen LogP contribution in [0.15, 0.2) is 36.0 Å². The Bertz CT molecular complexity index is 680. The Hall–Kier alpha value is -2.46. The molecular formula is C19H25N3O3S. The zero-order valence-corrected chi connectivity index (χ0v) is 16.1. The molecule has 140 valence electrons. The minimum absolute atomic E-state index is 0.155. The summed E-state index contributed by atoms with van der Waals surface area (Å²) in [6, 6.07) is 8.61. The topological polar surface area (TPSA) is 102 Å². The standard InChI is InChI=1S/C19H25N3O3S/c1-4-14-5-7-15(8-6-14)13(2)22-18(23)16(11-20)12-21-17(19(24)25)9-10-26-3/h5-8,12-13,17,21H,4,9-10H2,1-3H3,(H,22,23)(H,24,25)/b16-12-. The zero-order chi connectivity index (χ0) is 19.5. The fourth-order valence-corrected chi connectivity index (χ4v) is 2.72. The van der Waals surface area contributed by atoms with Crippen LogP contribution in [0.5, 0.6) is 0 Å². The first-order valence-corrected chi connectivity index (χ1v) is 9.80. The molecule has 1 aromatic carbocycles. The molecule has 0 aliphatic rings. The SMILES string of the molecule is CCc1ccc(C(C)NC(=O)/C(C#N)=C\NC(CCSC)C(=O)O)cc1. The van der Waals surface area contributed by atoms with E-state index in [0.717, 1.165) is 12.0 Å². The van der Waals surface area contributed by atoms with Crippen LogP contribution in [0.25, 0.3) is 0 Å². The summed E-state index contributed by atoms with van der Waals surface area (Å²) in [7, 11) is 0. The lowest BCUT2D eigenvalue weighted by Crippen LogP contribution is -2.35. The highest BCUT2D eigenvalue weighted by atomic mass is 32.2. The quantitative estimate of drug-likeness (QED) is 0.429. The van der Waals surface area contributed by atoms with Crippen molar-refractivity contribution in [2.45, 2.75) is 38.8 Å². The van der Waals surface area contributed by atoms with E-state index in [-0.39, 0.29) is 11.6 Å². The number of nitrogens with zero attached hydrogens (tertiary/aromatic N) is 1. The van der Waals surface area contributed by atoms with E-state index >= 15 is 0 Å². The second-order valence-electron chi connectivity index (χ2n) is 5.80. The van der Waals surface area contributed by atoms with E-state index in [9.17, 15) is 20.0 Å². The molecule has 6 nitrogen and oxygen atoms in total. The molecule has 0 fully saturated rings. The van der Waals surface area contributed by atoms with Gasteiger partial charge < -0.3 is 15.7 Å². The van der Waals surface area contributed by atoms with Crippen LogP contribution >= 0.6 is 11.8 Å². The van der Waals surface area contributed by atoms with Crippen LogP contribution in [0.2, 0.25) is 0 Å². The van der Waals surface area contributed by atoms with Crippen LogP contribution in [0, 0.1) is 11.3 Å². The number of carbonyl (C=O) groups excluding carboxylic acids is 1. The fraction of sp³-hybridized carbons (Fsp3) is 0.421. The lowest BCUT2D eigenvalue weighted by atomic mass is 10.0. The molecule has 2 atom stereocenters. The number of nitriles is 1.